The maximum atomic E-state index is 13.9. The van der Waals surface area contributed by atoms with Gasteiger partial charge in [-0.15, -0.1) is 11.8 Å². The maximum absolute atomic E-state index is 13.9. The van der Waals surface area contributed by atoms with E-state index in [1.54, 1.807) is 11.8 Å². The first kappa shape index (κ1) is 22.3. The molecule has 3 atom stereocenters. The normalized spacial score (nSPS) is 13.8. The van der Waals surface area contributed by atoms with Crippen molar-refractivity contribution in [3.05, 3.63) is 132 Å². The minimum absolute atomic E-state index is 0.0585. The molecule has 4 rings (SSSR count). The summed E-state index contributed by atoms with van der Waals surface area (Å²) in [6.45, 7) is 0. The Kier molecular flexibility index (Phi) is 7.70. The standard InChI is InChI=1S/C28H24O2S2/c29-27(23-15-7-2-8-16-23)21-26(22-13-5-1-6-14-22)28(31-24-17-9-3-10-18-24)32(30)25-19-11-4-12-20-25/h1-20,26,28H,21H2. The van der Waals surface area contributed by atoms with Crippen LogP contribution in [0.5, 0.6) is 0 Å². The largest absolute Gasteiger partial charge is 0.294 e. The van der Waals surface area contributed by atoms with Gasteiger partial charge in [0.1, 0.15) is 0 Å². The fourth-order valence-electron chi connectivity index (χ4n) is 3.61. The predicted octanol–water partition coefficient (Wildman–Crippen LogP) is 6.97. The molecule has 0 saturated carbocycles. The van der Waals surface area contributed by atoms with Gasteiger partial charge in [-0.2, -0.15) is 0 Å². The third kappa shape index (κ3) is 5.64. The molecule has 0 bridgehead atoms. The second-order valence-corrected chi connectivity index (χ2v) is 10.5. The quantitative estimate of drug-likeness (QED) is 0.201. The van der Waals surface area contributed by atoms with Crippen LogP contribution in [0.2, 0.25) is 0 Å². The van der Waals surface area contributed by atoms with Crippen LogP contribution in [-0.2, 0) is 10.8 Å². The van der Waals surface area contributed by atoms with Crippen LogP contribution in [0.4, 0.5) is 0 Å². The van der Waals surface area contributed by atoms with Gasteiger partial charge in [0, 0.05) is 27.7 Å². The molecule has 0 aliphatic carbocycles. The van der Waals surface area contributed by atoms with Gasteiger partial charge < -0.3 is 0 Å². The Bertz CT molecular complexity index is 1150. The summed E-state index contributed by atoms with van der Waals surface area (Å²) in [6.07, 6.45) is 0.289. The molecule has 0 N–H and O–H groups in total. The predicted molar refractivity (Wildman–Crippen MR) is 134 cm³/mol. The lowest BCUT2D eigenvalue weighted by atomic mass is 9.93. The van der Waals surface area contributed by atoms with E-state index in [4.69, 9.17) is 0 Å². The van der Waals surface area contributed by atoms with E-state index in [-0.39, 0.29) is 22.7 Å². The lowest BCUT2D eigenvalue weighted by molar-refractivity contribution is 0.0975. The Morgan fingerprint density at radius 3 is 1.78 bits per heavy atom. The molecule has 0 aliphatic rings. The molecular weight excluding hydrogens is 432 g/mol. The van der Waals surface area contributed by atoms with Gasteiger partial charge >= 0.3 is 0 Å². The van der Waals surface area contributed by atoms with E-state index < -0.39 is 10.8 Å². The summed E-state index contributed by atoms with van der Waals surface area (Å²) in [6, 6.07) is 38.9. The van der Waals surface area contributed by atoms with E-state index in [1.165, 1.54) is 0 Å². The Balaban J connectivity index is 1.74. The average Bonchev–Trinajstić information content (AvgIpc) is 2.88. The number of hydrogen-bond acceptors (Lipinski definition) is 3. The molecule has 0 amide bonds. The second kappa shape index (κ2) is 11.1. The molecule has 160 valence electrons. The number of rotatable bonds is 9. The van der Waals surface area contributed by atoms with Crippen LogP contribution in [0.15, 0.2) is 131 Å². The van der Waals surface area contributed by atoms with Crippen LogP contribution < -0.4 is 0 Å². The van der Waals surface area contributed by atoms with Crippen LogP contribution in [-0.4, -0.2) is 14.6 Å². The van der Waals surface area contributed by atoms with Crippen molar-refractivity contribution >= 4 is 28.3 Å². The van der Waals surface area contributed by atoms with Gasteiger partial charge in [-0.3, -0.25) is 9.00 Å². The van der Waals surface area contributed by atoms with Crippen molar-refractivity contribution in [3.8, 4) is 0 Å². The lowest BCUT2D eigenvalue weighted by Crippen LogP contribution is -2.24. The van der Waals surface area contributed by atoms with Gasteiger partial charge in [0.2, 0.25) is 0 Å². The summed E-state index contributed by atoms with van der Waals surface area (Å²) in [5.41, 5.74) is 1.71. The fraction of sp³-hybridized carbons (Fsp3) is 0.107. The number of carbonyl (C=O) groups excluding carboxylic acids is 1. The molecule has 0 heterocycles. The van der Waals surface area contributed by atoms with Crippen molar-refractivity contribution in [3.63, 3.8) is 0 Å². The van der Waals surface area contributed by atoms with Gasteiger partial charge in [-0.05, 0) is 29.8 Å². The maximum Gasteiger partial charge on any atom is 0.163 e. The number of hydrogen-bond donors (Lipinski definition) is 0. The fourth-order valence-corrected chi connectivity index (χ4v) is 6.87. The summed E-state index contributed by atoms with van der Waals surface area (Å²) in [7, 11) is -1.31. The van der Waals surface area contributed by atoms with Crippen molar-refractivity contribution < 1.29 is 9.00 Å². The van der Waals surface area contributed by atoms with E-state index in [2.05, 4.69) is 0 Å². The van der Waals surface area contributed by atoms with Gasteiger partial charge in [0.05, 0.1) is 15.4 Å². The summed E-state index contributed by atoms with van der Waals surface area (Å²) >= 11 is 1.58. The molecule has 0 aliphatic heterocycles. The lowest BCUT2D eigenvalue weighted by Gasteiger charge is -2.26. The summed E-state index contributed by atoms with van der Waals surface area (Å²) in [5.74, 6) is -0.154. The Morgan fingerprint density at radius 2 is 1.19 bits per heavy atom. The Morgan fingerprint density at radius 1 is 0.688 bits per heavy atom. The molecule has 0 saturated heterocycles. The zero-order valence-corrected chi connectivity index (χ0v) is 19.2. The summed E-state index contributed by atoms with van der Waals surface area (Å²) < 4.78 is 13.5. The number of benzene rings is 4. The molecule has 0 aromatic heterocycles. The number of Topliss-reactive ketones (excluding diaryl/α,β-unsaturated/α-hetero) is 1. The molecule has 4 aromatic carbocycles. The minimum atomic E-state index is -1.31. The molecule has 0 fully saturated rings. The zero-order valence-electron chi connectivity index (χ0n) is 17.5. The third-order valence-electron chi connectivity index (χ3n) is 5.24. The highest BCUT2D eigenvalue weighted by atomic mass is 32.2. The summed E-state index contributed by atoms with van der Waals surface area (Å²) in [4.78, 5) is 15.0. The van der Waals surface area contributed by atoms with Crippen molar-refractivity contribution in [2.24, 2.45) is 0 Å². The van der Waals surface area contributed by atoms with Crippen LogP contribution >= 0.6 is 11.8 Å². The minimum Gasteiger partial charge on any atom is -0.294 e. The molecular formula is C28H24O2S2. The number of carbonyl (C=O) groups is 1. The van der Waals surface area contributed by atoms with E-state index in [0.29, 0.717) is 5.56 Å². The molecule has 0 spiro atoms. The van der Waals surface area contributed by atoms with Gasteiger partial charge in [0.25, 0.3) is 0 Å². The first-order valence-corrected chi connectivity index (χ1v) is 12.6. The molecule has 2 nitrogen and oxygen atoms in total. The highest BCUT2D eigenvalue weighted by Crippen LogP contribution is 2.40. The van der Waals surface area contributed by atoms with Crippen LogP contribution in [0.25, 0.3) is 0 Å². The second-order valence-electron chi connectivity index (χ2n) is 7.42. The molecule has 4 heteroatoms. The topological polar surface area (TPSA) is 34.1 Å². The third-order valence-corrected chi connectivity index (χ3v) is 8.64. The highest BCUT2D eigenvalue weighted by molar-refractivity contribution is 8.11. The van der Waals surface area contributed by atoms with Crippen LogP contribution in [0, 0.1) is 0 Å². The van der Waals surface area contributed by atoms with E-state index in [0.717, 1.165) is 15.4 Å². The molecule has 3 unspecified atom stereocenters. The van der Waals surface area contributed by atoms with Crippen molar-refractivity contribution in [1.82, 2.24) is 0 Å². The Labute approximate surface area is 196 Å². The van der Waals surface area contributed by atoms with E-state index >= 15 is 0 Å². The monoisotopic (exact) mass is 456 g/mol. The zero-order chi connectivity index (χ0) is 22.2. The average molecular weight is 457 g/mol. The van der Waals surface area contributed by atoms with E-state index in [1.807, 2.05) is 121 Å². The van der Waals surface area contributed by atoms with Crippen molar-refractivity contribution in [2.75, 3.05) is 0 Å². The van der Waals surface area contributed by atoms with Crippen LogP contribution in [0.1, 0.15) is 28.3 Å². The molecule has 32 heavy (non-hydrogen) atoms. The van der Waals surface area contributed by atoms with Gasteiger partial charge in [-0.1, -0.05) is 97.1 Å². The van der Waals surface area contributed by atoms with Crippen molar-refractivity contribution in [1.29, 1.82) is 0 Å². The first-order valence-electron chi connectivity index (χ1n) is 10.5. The number of thioether (sulfide) groups is 1. The highest BCUT2D eigenvalue weighted by Gasteiger charge is 2.32. The SMILES string of the molecule is O=C(CC(c1ccccc1)C(Sc1ccccc1)S(=O)c1ccccc1)c1ccccc1. The Hall–Kier alpha value is -2.95. The van der Waals surface area contributed by atoms with Gasteiger partial charge in [-0.25, -0.2) is 0 Å². The smallest absolute Gasteiger partial charge is 0.163 e. The van der Waals surface area contributed by atoms with Crippen molar-refractivity contribution in [2.45, 2.75) is 26.7 Å². The van der Waals surface area contributed by atoms with Crippen LogP contribution in [0.3, 0.4) is 0 Å². The summed E-state index contributed by atoms with van der Waals surface area (Å²) in [5, 5.41) is 0. The van der Waals surface area contributed by atoms with E-state index in [9.17, 15) is 9.00 Å². The first-order chi connectivity index (χ1) is 15.7. The molecule has 4 aromatic rings. The number of ketones is 1. The molecule has 0 radical (unpaired) electrons. The van der Waals surface area contributed by atoms with Gasteiger partial charge in [0.15, 0.2) is 5.78 Å².